The summed E-state index contributed by atoms with van der Waals surface area (Å²) in [5, 5.41) is 0.0629. The minimum Gasteiger partial charge on any atom is -0.274 e. The Balaban J connectivity index is 3.12. The Bertz CT molecular complexity index is 294. The fourth-order valence-electron chi connectivity index (χ4n) is 0.752. The second kappa shape index (κ2) is 2.75. The molecule has 1 heterocycles. The first-order valence-electron chi connectivity index (χ1n) is 2.79. The Labute approximate surface area is 65.1 Å². The van der Waals surface area contributed by atoms with Crippen LogP contribution in [0.4, 0.5) is 0 Å². The highest BCUT2D eigenvalue weighted by molar-refractivity contribution is 8.24. The van der Waals surface area contributed by atoms with Crippen molar-refractivity contribution in [2.24, 2.45) is 4.99 Å². The summed E-state index contributed by atoms with van der Waals surface area (Å²) in [7, 11) is -2.09. The van der Waals surface area contributed by atoms with E-state index in [1.807, 2.05) is 6.92 Å². The average Bonchev–Trinajstić information content (AvgIpc) is 2.10. The quantitative estimate of drug-likeness (QED) is 0.508. The molecule has 0 aromatic carbocycles. The fraction of sp³-hybridized carbons (Fsp3) is 0.600. The molecular formula is C5H7NO2S2. The van der Waals surface area contributed by atoms with Crippen molar-refractivity contribution in [2.45, 2.75) is 19.2 Å². The number of rotatable bonds is 0. The first-order valence-corrected chi connectivity index (χ1v) is 4.74. The molecule has 1 atom stereocenters. The van der Waals surface area contributed by atoms with E-state index < -0.39 is 10.3 Å². The smallest absolute Gasteiger partial charge is 0.229 e. The first-order chi connectivity index (χ1) is 4.61. The molecule has 3 nitrogen and oxygen atoms in total. The van der Waals surface area contributed by atoms with Gasteiger partial charge in [0, 0.05) is 0 Å². The molecule has 0 aromatic rings. The van der Waals surface area contributed by atoms with Crippen LogP contribution >= 0.6 is 11.8 Å². The molecule has 0 fully saturated rings. The van der Waals surface area contributed by atoms with Crippen molar-refractivity contribution in [3.8, 4) is 0 Å². The van der Waals surface area contributed by atoms with Crippen molar-refractivity contribution >= 4 is 32.0 Å². The summed E-state index contributed by atoms with van der Waals surface area (Å²) < 4.78 is 21.2. The van der Waals surface area contributed by atoms with E-state index in [-0.39, 0.29) is 5.37 Å². The predicted octanol–water partition coefficient (Wildman–Crippen LogP) is 0.549. The van der Waals surface area contributed by atoms with Crippen LogP contribution in [0.1, 0.15) is 13.8 Å². The van der Waals surface area contributed by atoms with E-state index in [2.05, 4.69) is 4.99 Å². The molecule has 1 aliphatic rings. The molecule has 1 rings (SSSR count). The SMILES string of the molecule is CC1=NC(C)SC1=S(=O)=O. The van der Waals surface area contributed by atoms with Crippen molar-refractivity contribution < 1.29 is 8.42 Å². The summed E-state index contributed by atoms with van der Waals surface area (Å²) in [6, 6.07) is 0. The number of thioether (sulfide) groups is 1. The molecule has 0 saturated heterocycles. The highest BCUT2D eigenvalue weighted by atomic mass is 32.2. The Morgan fingerprint density at radius 1 is 1.60 bits per heavy atom. The lowest BCUT2D eigenvalue weighted by molar-refractivity contribution is 0.627. The van der Waals surface area contributed by atoms with Crippen molar-refractivity contribution in [2.75, 3.05) is 0 Å². The number of hydrogen-bond acceptors (Lipinski definition) is 4. The van der Waals surface area contributed by atoms with Crippen molar-refractivity contribution in [1.29, 1.82) is 0 Å². The van der Waals surface area contributed by atoms with Crippen LogP contribution in [0.5, 0.6) is 0 Å². The van der Waals surface area contributed by atoms with E-state index in [1.165, 1.54) is 11.8 Å². The maximum Gasteiger partial charge on any atom is 0.229 e. The number of hydrogen-bond donors (Lipinski definition) is 0. The minimum absolute atomic E-state index is 0.0629. The van der Waals surface area contributed by atoms with E-state index >= 15 is 0 Å². The van der Waals surface area contributed by atoms with Gasteiger partial charge >= 0.3 is 0 Å². The van der Waals surface area contributed by atoms with Crippen LogP contribution in [-0.2, 0) is 10.3 Å². The van der Waals surface area contributed by atoms with Crippen LogP contribution in [-0.4, -0.2) is 23.7 Å². The molecule has 0 aliphatic carbocycles. The van der Waals surface area contributed by atoms with E-state index in [0.717, 1.165) is 0 Å². The van der Waals surface area contributed by atoms with Crippen molar-refractivity contribution in [3.05, 3.63) is 0 Å². The third-order valence-electron chi connectivity index (χ3n) is 1.10. The van der Waals surface area contributed by atoms with E-state index in [4.69, 9.17) is 0 Å². The molecule has 0 bridgehead atoms. The van der Waals surface area contributed by atoms with Gasteiger partial charge in [0.25, 0.3) is 0 Å². The topological polar surface area (TPSA) is 46.5 Å². The summed E-state index contributed by atoms with van der Waals surface area (Å²) in [6.45, 7) is 3.58. The number of nitrogens with zero attached hydrogens (tertiary/aromatic N) is 1. The maximum atomic E-state index is 10.4. The molecular weight excluding hydrogens is 170 g/mol. The molecule has 10 heavy (non-hydrogen) atoms. The lowest BCUT2D eigenvalue weighted by Gasteiger charge is -1.89. The minimum atomic E-state index is -2.09. The number of aliphatic imine (C=N–C) groups is 1. The van der Waals surface area contributed by atoms with Crippen LogP contribution in [0.25, 0.3) is 0 Å². The molecule has 0 spiro atoms. The Morgan fingerprint density at radius 3 is 2.40 bits per heavy atom. The molecule has 5 heteroatoms. The fourth-order valence-corrected chi connectivity index (χ4v) is 2.52. The summed E-state index contributed by atoms with van der Waals surface area (Å²) >= 11 is 1.28. The van der Waals surface area contributed by atoms with E-state index in [9.17, 15) is 8.42 Å². The molecule has 0 saturated carbocycles. The second-order valence-corrected chi connectivity index (χ2v) is 4.42. The van der Waals surface area contributed by atoms with Gasteiger partial charge in [-0.1, -0.05) is 11.8 Å². The van der Waals surface area contributed by atoms with E-state index in [1.54, 1.807) is 6.92 Å². The molecule has 0 radical (unpaired) electrons. The maximum absolute atomic E-state index is 10.4. The van der Waals surface area contributed by atoms with Gasteiger partial charge in [0.2, 0.25) is 10.3 Å². The lowest BCUT2D eigenvalue weighted by atomic mass is 10.5. The Hall–Kier alpha value is -0.290. The summed E-state index contributed by atoms with van der Waals surface area (Å²) in [6.07, 6.45) is 0. The summed E-state index contributed by atoms with van der Waals surface area (Å²) in [4.78, 5) is 4.04. The van der Waals surface area contributed by atoms with Crippen molar-refractivity contribution in [1.82, 2.24) is 0 Å². The van der Waals surface area contributed by atoms with Gasteiger partial charge in [-0.15, -0.1) is 0 Å². The van der Waals surface area contributed by atoms with Gasteiger partial charge in [0.1, 0.15) is 0 Å². The van der Waals surface area contributed by atoms with E-state index in [0.29, 0.717) is 9.91 Å². The highest BCUT2D eigenvalue weighted by Gasteiger charge is 2.18. The summed E-state index contributed by atoms with van der Waals surface area (Å²) in [5.74, 6) is 0. The molecule has 56 valence electrons. The van der Waals surface area contributed by atoms with Crippen LogP contribution in [0.15, 0.2) is 4.99 Å². The van der Waals surface area contributed by atoms with Gasteiger partial charge in [0.15, 0.2) is 4.20 Å². The average molecular weight is 177 g/mol. The second-order valence-electron chi connectivity index (χ2n) is 1.95. The van der Waals surface area contributed by atoms with Gasteiger partial charge in [0.05, 0.1) is 11.1 Å². The third kappa shape index (κ3) is 1.41. The van der Waals surface area contributed by atoms with Gasteiger partial charge < -0.3 is 0 Å². The standard InChI is InChI=1S/C5H7NO2S2/c1-3-5(10(7)8)9-4(2)6-3/h4H,1-2H3. The van der Waals surface area contributed by atoms with Gasteiger partial charge in [-0.3, -0.25) is 4.99 Å². The molecule has 1 aliphatic heterocycles. The van der Waals surface area contributed by atoms with Crippen LogP contribution in [0.3, 0.4) is 0 Å². The zero-order valence-corrected chi connectivity index (χ0v) is 7.29. The lowest BCUT2D eigenvalue weighted by Crippen LogP contribution is -2.00. The predicted molar refractivity (Wildman–Crippen MR) is 44.1 cm³/mol. The first kappa shape index (κ1) is 7.81. The van der Waals surface area contributed by atoms with Crippen LogP contribution < -0.4 is 0 Å². The Morgan fingerprint density at radius 2 is 2.20 bits per heavy atom. The van der Waals surface area contributed by atoms with Crippen LogP contribution in [0.2, 0.25) is 0 Å². The normalized spacial score (nSPS) is 24.8. The zero-order chi connectivity index (χ0) is 7.72. The third-order valence-corrected chi connectivity index (χ3v) is 3.35. The largest absolute Gasteiger partial charge is 0.274 e. The molecule has 0 amide bonds. The van der Waals surface area contributed by atoms with Crippen molar-refractivity contribution in [3.63, 3.8) is 0 Å². The zero-order valence-electron chi connectivity index (χ0n) is 5.66. The van der Waals surface area contributed by atoms with Gasteiger partial charge in [-0.25, -0.2) is 0 Å². The molecule has 1 unspecified atom stereocenters. The van der Waals surface area contributed by atoms with Gasteiger partial charge in [-0.2, -0.15) is 8.42 Å². The molecule has 0 aromatic heterocycles. The van der Waals surface area contributed by atoms with Gasteiger partial charge in [-0.05, 0) is 13.8 Å². The highest BCUT2D eigenvalue weighted by Crippen LogP contribution is 2.21. The summed E-state index contributed by atoms with van der Waals surface area (Å²) in [5.41, 5.74) is 0.630. The van der Waals surface area contributed by atoms with Crippen LogP contribution in [0, 0.1) is 0 Å². The Kier molecular flexibility index (Phi) is 2.15. The monoisotopic (exact) mass is 177 g/mol. The molecule has 0 N–H and O–H groups in total.